The number of nitrogens with one attached hydrogen (secondary N) is 4. The molecule has 2 aliphatic rings. The summed E-state index contributed by atoms with van der Waals surface area (Å²) < 4.78 is 39.4. The minimum absolute atomic E-state index is 0.0224. The lowest BCUT2D eigenvalue weighted by Gasteiger charge is -2.26. The molecular formula is C50H53ClFN8O7+. The monoisotopic (exact) mass is 931 g/mol. The summed E-state index contributed by atoms with van der Waals surface area (Å²) >= 11 is 6.13. The number of morpholine rings is 1. The van der Waals surface area contributed by atoms with E-state index >= 15 is 0 Å². The largest absolute Gasteiger partial charge is 0.493 e. The number of amides is 4. The highest BCUT2D eigenvalue weighted by Crippen LogP contribution is 2.44. The summed E-state index contributed by atoms with van der Waals surface area (Å²) in [5, 5.41) is 12.2. The molecule has 15 nitrogen and oxygen atoms in total. The molecule has 4 amide bonds. The molecule has 0 radical (unpaired) electrons. The lowest BCUT2D eigenvalue weighted by Crippen LogP contribution is -2.44. The normalized spacial score (nSPS) is 13.8. The third-order valence-electron chi connectivity index (χ3n) is 11.8. The number of alkyl carbamates (subject to hydrolysis) is 1. The van der Waals surface area contributed by atoms with Gasteiger partial charge in [0.2, 0.25) is 5.91 Å². The van der Waals surface area contributed by atoms with Crippen molar-refractivity contribution in [2.45, 2.75) is 37.8 Å². The van der Waals surface area contributed by atoms with Gasteiger partial charge < -0.3 is 45.9 Å². The Bertz CT molecular complexity index is 2680. The molecule has 1 atom stereocenters. The van der Waals surface area contributed by atoms with Crippen molar-refractivity contribution in [3.8, 4) is 22.6 Å². The second-order valence-electron chi connectivity index (χ2n) is 16.3. The fourth-order valence-electron chi connectivity index (χ4n) is 8.43. The first-order chi connectivity index (χ1) is 32.6. The van der Waals surface area contributed by atoms with E-state index < -0.39 is 29.9 Å². The number of ether oxygens (including phenoxy) is 4. The fourth-order valence-corrected chi connectivity index (χ4v) is 8.61. The Morgan fingerprint density at radius 2 is 1.64 bits per heavy atom. The average Bonchev–Trinajstić information content (AvgIpc) is 3.66. The van der Waals surface area contributed by atoms with Crippen LogP contribution in [0.15, 0.2) is 109 Å². The molecule has 67 heavy (non-hydrogen) atoms. The van der Waals surface area contributed by atoms with Gasteiger partial charge in [-0.3, -0.25) is 9.69 Å². The summed E-state index contributed by atoms with van der Waals surface area (Å²) in [4.78, 5) is 45.5. The van der Waals surface area contributed by atoms with Crippen molar-refractivity contribution in [2.75, 3.05) is 70.3 Å². The number of urea groups is 1. The van der Waals surface area contributed by atoms with Gasteiger partial charge in [0.25, 0.3) is 12.1 Å². The van der Waals surface area contributed by atoms with E-state index in [1.807, 2.05) is 65.2 Å². The first-order valence-electron chi connectivity index (χ1n) is 22.2. The molecule has 0 unspecified atom stereocenters. The standard InChI is InChI=1S/C50H52ClFN8O7/c1-64-45-28-44-39(27-46(45)66-23-7-20-59-21-24-65-25-22-59)47(56-34-17-18-42(52)41(51)26-34)55-31-60(44)29-32-13-15-33(16-14-32)57-48(61)43(12-6-19-54-49(53)62)58-50(63)67-30-40-37-10-4-2-8-35(37)36-9-3-5-11-38(36)40/h2-5,8-11,13-18,26-28,31,40,43H,6-7,12,19-25,29-30H2,1H3,(H5,53,54,57,58,61,62,63)/p+1/t43-/m0/s1. The fraction of sp³-hybridized carbons (Fsp3) is 0.300. The van der Waals surface area contributed by atoms with E-state index in [4.69, 9.17) is 41.3 Å². The molecule has 6 aromatic rings. The highest BCUT2D eigenvalue weighted by atomic mass is 35.5. The number of hydrogen-bond acceptors (Lipinski definition) is 10. The number of aromatic nitrogens is 2. The Morgan fingerprint density at radius 3 is 2.34 bits per heavy atom. The number of methoxy groups -OCH3 is 1. The molecule has 17 heteroatoms. The summed E-state index contributed by atoms with van der Waals surface area (Å²) in [6.07, 6.45) is 2.34. The molecule has 1 aliphatic heterocycles. The van der Waals surface area contributed by atoms with Gasteiger partial charge in [0.1, 0.15) is 30.5 Å². The Labute approximate surface area is 392 Å². The van der Waals surface area contributed by atoms with Crippen molar-refractivity contribution in [3.63, 3.8) is 0 Å². The van der Waals surface area contributed by atoms with Crippen molar-refractivity contribution < 1.29 is 42.3 Å². The number of carbonyl (C=O) groups excluding carboxylic acids is 3. The molecule has 5 aromatic carbocycles. The van der Waals surface area contributed by atoms with Crippen LogP contribution in [0.4, 0.5) is 31.2 Å². The van der Waals surface area contributed by atoms with E-state index in [0.29, 0.717) is 48.3 Å². The minimum atomic E-state index is -0.982. The second kappa shape index (κ2) is 22.0. The Balaban J connectivity index is 0.957. The van der Waals surface area contributed by atoms with Crippen LogP contribution < -0.4 is 41.0 Å². The summed E-state index contributed by atoms with van der Waals surface area (Å²) in [6.45, 7) is 5.30. The van der Waals surface area contributed by atoms with Gasteiger partial charge in [-0.05, 0) is 82.4 Å². The first-order valence-corrected chi connectivity index (χ1v) is 22.6. The molecule has 1 aromatic heterocycles. The third-order valence-corrected chi connectivity index (χ3v) is 12.1. The van der Waals surface area contributed by atoms with Crippen LogP contribution >= 0.6 is 11.6 Å². The number of anilines is 3. The van der Waals surface area contributed by atoms with Crippen LogP contribution in [0.25, 0.3) is 22.0 Å². The molecular weight excluding hydrogens is 879 g/mol. The van der Waals surface area contributed by atoms with E-state index in [0.717, 1.165) is 78.0 Å². The van der Waals surface area contributed by atoms with Crippen molar-refractivity contribution in [3.05, 3.63) is 137 Å². The smallest absolute Gasteiger partial charge is 0.407 e. The van der Waals surface area contributed by atoms with Crippen LogP contribution in [0, 0.1) is 5.82 Å². The SMILES string of the molecule is COc1cc2c(cc1OCCCN1CCOCC1)c(Nc1ccc(F)c(Cl)c1)nc[n+]2Cc1ccc(NC(=O)[C@H](CCCNC(N)=O)NC(=O)OCC2c3ccccc3-c3ccccc32)cc1. The highest BCUT2D eigenvalue weighted by Gasteiger charge is 2.30. The maximum Gasteiger partial charge on any atom is 0.407 e. The summed E-state index contributed by atoms with van der Waals surface area (Å²) in [5.74, 6) is 0.451. The number of carbonyl (C=O) groups is 3. The predicted molar refractivity (Wildman–Crippen MR) is 254 cm³/mol. The summed E-state index contributed by atoms with van der Waals surface area (Å²) in [7, 11) is 1.59. The van der Waals surface area contributed by atoms with Gasteiger partial charge >= 0.3 is 12.1 Å². The van der Waals surface area contributed by atoms with Crippen LogP contribution in [0.5, 0.6) is 11.5 Å². The van der Waals surface area contributed by atoms with E-state index in [2.05, 4.69) is 38.3 Å². The molecule has 1 fully saturated rings. The van der Waals surface area contributed by atoms with Crippen molar-refractivity contribution >= 4 is 57.7 Å². The van der Waals surface area contributed by atoms with E-state index in [1.165, 1.54) is 12.1 Å². The Hall–Kier alpha value is -7.01. The summed E-state index contributed by atoms with van der Waals surface area (Å²) in [6, 6.07) is 29.9. The molecule has 348 valence electrons. The lowest BCUT2D eigenvalue weighted by molar-refractivity contribution is -0.665. The van der Waals surface area contributed by atoms with Crippen LogP contribution in [0.3, 0.4) is 0 Å². The third kappa shape index (κ3) is 11.7. The van der Waals surface area contributed by atoms with Gasteiger partial charge in [0.05, 0.1) is 37.3 Å². The van der Waals surface area contributed by atoms with Crippen LogP contribution in [-0.4, -0.2) is 93.7 Å². The zero-order valence-corrected chi connectivity index (χ0v) is 37.8. The number of hydrogen-bond donors (Lipinski definition) is 5. The number of rotatable bonds is 19. The van der Waals surface area contributed by atoms with Gasteiger partial charge in [0.15, 0.2) is 11.5 Å². The second-order valence-corrected chi connectivity index (χ2v) is 16.7. The zero-order chi connectivity index (χ0) is 46.7. The van der Waals surface area contributed by atoms with Gasteiger partial charge in [-0.25, -0.2) is 18.5 Å². The number of fused-ring (bicyclic) bond motifs is 4. The minimum Gasteiger partial charge on any atom is -0.493 e. The number of nitrogens with two attached hydrogens (primary N) is 1. The number of nitrogens with zero attached hydrogens (tertiary/aromatic N) is 3. The molecule has 0 bridgehead atoms. The van der Waals surface area contributed by atoms with Crippen molar-refractivity contribution in [2.24, 2.45) is 5.73 Å². The van der Waals surface area contributed by atoms with E-state index in [1.54, 1.807) is 31.6 Å². The molecule has 8 rings (SSSR count). The van der Waals surface area contributed by atoms with Gasteiger partial charge in [0, 0.05) is 55.6 Å². The molecule has 1 saturated heterocycles. The first kappa shape index (κ1) is 46.5. The number of halogens is 2. The topological polar surface area (TPSA) is 182 Å². The van der Waals surface area contributed by atoms with E-state index in [-0.39, 0.29) is 30.5 Å². The van der Waals surface area contributed by atoms with E-state index in [9.17, 15) is 18.8 Å². The predicted octanol–water partition coefficient (Wildman–Crippen LogP) is 7.51. The zero-order valence-electron chi connectivity index (χ0n) is 37.1. The maximum absolute atomic E-state index is 14.1. The Kier molecular flexibility index (Phi) is 15.3. The summed E-state index contributed by atoms with van der Waals surface area (Å²) in [5.41, 5.74) is 12.3. The van der Waals surface area contributed by atoms with Gasteiger partial charge in [-0.2, -0.15) is 0 Å². The van der Waals surface area contributed by atoms with Crippen LogP contribution in [0.2, 0.25) is 5.02 Å². The van der Waals surface area contributed by atoms with Crippen LogP contribution in [0.1, 0.15) is 41.9 Å². The molecule has 1 aliphatic carbocycles. The maximum atomic E-state index is 14.1. The quantitative estimate of drug-likeness (QED) is 0.0403. The molecule has 0 saturated carbocycles. The van der Waals surface area contributed by atoms with Crippen molar-refractivity contribution in [1.82, 2.24) is 20.5 Å². The van der Waals surface area contributed by atoms with Crippen LogP contribution in [-0.2, 0) is 20.8 Å². The number of benzene rings is 5. The molecule has 0 spiro atoms. The molecule has 2 heterocycles. The van der Waals surface area contributed by atoms with Gasteiger partial charge in [-0.1, -0.05) is 72.3 Å². The van der Waals surface area contributed by atoms with Gasteiger partial charge in [-0.15, -0.1) is 0 Å². The Morgan fingerprint density at radius 1 is 0.925 bits per heavy atom. The highest BCUT2D eigenvalue weighted by molar-refractivity contribution is 6.31. The average molecular weight is 932 g/mol. The molecule has 6 N–H and O–H groups in total. The lowest BCUT2D eigenvalue weighted by atomic mass is 9.98. The number of primary amides is 1. The van der Waals surface area contributed by atoms with Crippen molar-refractivity contribution in [1.29, 1.82) is 0 Å².